The lowest BCUT2D eigenvalue weighted by Gasteiger charge is -2.37. The normalized spacial score (nSPS) is 28.1. The zero-order valence-corrected chi connectivity index (χ0v) is 17.0. The van der Waals surface area contributed by atoms with Crippen molar-refractivity contribution in [1.82, 2.24) is 4.98 Å². The Morgan fingerprint density at radius 1 is 1.04 bits per heavy atom. The highest BCUT2D eigenvalue weighted by molar-refractivity contribution is 5.75. The predicted molar refractivity (Wildman–Crippen MR) is 105 cm³/mol. The van der Waals surface area contributed by atoms with Crippen molar-refractivity contribution in [3.05, 3.63) is 24.0 Å². The van der Waals surface area contributed by atoms with Gasteiger partial charge in [0.05, 0.1) is 12.1 Å². The molecule has 2 saturated carbocycles. The molecule has 0 amide bonds. The Morgan fingerprint density at radius 2 is 1.68 bits per heavy atom. The van der Waals surface area contributed by atoms with Crippen LogP contribution in [0.2, 0.25) is 0 Å². The predicted octanol–water partition coefficient (Wildman–Crippen LogP) is 6.46. The van der Waals surface area contributed by atoms with E-state index in [0.29, 0.717) is 0 Å². The lowest BCUT2D eigenvalue weighted by atomic mass is 9.68. The SMILES string of the molecule is CCCCC[C@H]1CC[C@H](C2CCC(C(=O)Oc3cnc(F)c(F)c3)CC2)CC1. The Balaban J connectivity index is 1.39. The van der Waals surface area contributed by atoms with Gasteiger partial charge in [-0.05, 0) is 56.3 Å². The first-order chi connectivity index (χ1) is 13.6. The Labute approximate surface area is 167 Å². The largest absolute Gasteiger partial charge is 0.425 e. The smallest absolute Gasteiger partial charge is 0.314 e. The summed E-state index contributed by atoms with van der Waals surface area (Å²) in [4.78, 5) is 15.6. The van der Waals surface area contributed by atoms with E-state index in [1.807, 2.05) is 0 Å². The molecule has 3 nitrogen and oxygen atoms in total. The van der Waals surface area contributed by atoms with Crippen molar-refractivity contribution >= 4 is 5.97 Å². The first-order valence-corrected chi connectivity index (χ1v) is 11.1. The number of halogens is 2. The number of ether oxygens (including phenoxy) is 1. The second kappa shape index (κ2) is 10.3. The first kappa shape index (κ1) is 21.2. The van der Waals surface area contributed by atoms with Crippen molar-refractivity contribution in [3.63, 3.8) is 0 Å². The molecule has 28 heavy (non-hydrogen) atoms. The van der Waals surface area contributed by atoms with E-state index in [-0.39, 0.29) is 17.6 Å². The number of hydrogen-bond acceptors (Lipinski definition) is 3. The Morgan fingerprint density at radius 3 is 2.29 bits per heavy atom. The van der Waals surface area contributed by atoms with E-state index in [0.717, 1.165) is 55.7 Å². The number of pyridine rings is 1. The number of carbonyl (C=O) groups is 1. The topological polar surface area (TPSA) is 39.2 Å². The number of esters is 1. The van der Waals surface area contributed by atoms with Crippen molar-refractivity contribution < 1.29 is 18.3 Å². The molecule has 2 aliphatic carbocycles. The van der Waals surface area contributed by atoms with Crippen LogP contribution in [-0.4, -0.2) is 11.0 Å². The summed E-state index contributed by atoms with van der Waals surface area (Å²) in [5.74, 6) is -0.313. The third kappa shape index (κ3) is 5.74. The molecule has 1 aromatic rings. The summed E-state index contributed by atoms with van der Waals surface area (Å²) in [5, 5.41) is 0. The van der Waals surface area contributed by atoms with Gasteiger partial charge in [-0.3, -0.25) is 4.79 Å². The van der Waals surface area contributed by atoms with Gasteiger partial charge in [0, 0.05) is 6.07 Å². The minimum Gasteiger partial charge on any atom is -0.425 e. The molecule has 1 aromatic heterocycles. The standard InChI is InChI=1S/C23H33F2NO2/c1-2-3-4-5-16-6-8-17(9-7-16)18-10-12-19(13-11-18)23(27)28-20-14-21(24)22(25)26-15-20/h14-19H,2-13H2,1H3/t16-,17-,18?,19?. The monoisotopic (exact) mass is 393 g/mol. The van der Waals surface area contributed by atoms with Crippen LogP contribution in [0.4, 0.5) is 8.78 Å². The van der Waals surface area contributed by atoms with E-state index in [1.165, 1.54) is 51.4 Å². The third-order valence-electron chi connectivity index (χ3n) is 6.87. The highest BCUT2D eigenvalue weighted by Gasteiger charge is 2.33. The van der Waals surface area contributed by atoms with Gasteiger partial charge in [0.15, 0.2) is 11.6 Å². The number of nitrogens with zero attached hydrogens (tertiary/aromatic N) is 1. The number of unbranched alkanes of at least 4 members (excludes halogenated alkanes) is 2. The summed E-state index contributed by atoms with van der Waals surface area (Å²) in [6.07, 6.45) is 15.7. The molecule has 0 aliphatic heterocycles. The lowest BCUT2D eigenvalue weighted by molar-refractivity contribution is -0.140. The van der Waals surface area contributed by atoms with Crippen LogP contribution in [0, 0.1) is 35.4 Å². The van der Waals surface area contributed by atoms with Crippen molar-refractivity contribution in [3.8, 4) is 5.75 Å². The summed E-state index contributed by atoms with van der Waals surface area (Å²) in [6, 6.07) is 0.880. The van der Waals surface area contributed by atoms with E-state index in [1.54, 1.807) is 0 Å². The zero-order valence-electron chi connectivity index (χ0n) is 17.0. The molecule has 1 heterocycles. The number of rotatable bonds is 7. The number of carbonyl (C=O) groups excluding carboxylic acids is 1. The van der Waals surface area contributed by atoms with E-state index in [9.17, 15) is 13.6 Å². The minimum atomic E-state index is -1.18. The molecule has 0 unspecified atom stereocenters. The van der Waals surface area contributed by atoms with Crippen LogP contribution in [0.1, 0.15) is 84.0 Å². The Kier molecular flexibility index (Phi) is 7.81. The molecule has 0 saturated heterocycles. The summed E-state index contributed by atoms with van der Waals surface area (Å²) < 4.78 is 31.3. The maximum atomic E-state index is 13.2. The van der Waals surface area contributed by atoms with Gasteiger partial charge in [0.2, 0.25) is 5.95 Å². The molecule has 0 radical (unpaired) electrons. The molecule has 0 aromatic carbocycles. The fourth-order valence-electron chi connectivity index (χ4n) is 5.12. The van der Waals surface area contributed by atoms with Gasteiger partial charge < -0.3 is 4.74 Å². The van der Waals surface area contributed by atoms with E-state index < -0.39 is 11.8 Å². The molecule has 2 aliphatic rings. The molecule has 0 bridgehead atoms. The van der Waals surface area contributed by atoms with Crippen LogP contribution in [0.25, 0.3) is 0 Å². The molecule has 156 valence electrons. The van der Waals surface area contributed by atoms with Crippen molar-refractivity contribution in [2.24, 2.45) is 23.7 Å². The summed E-state index contributed by atoms with van der Waals surface area (Å²) in [6.45, 7) is 2.26. The van der Waals surface area contributed by atoms with Gasteiger partial charge in [-0.2, -0.15) is 4.39 Å². The highest BCUT2D eigenvalue weighted by Crippen LogP contribution is 2.42. The van der Waals surface area contributed by atoms with Crippen LogP contribution in [0.5, 0.6) is 5.75 Å². The van der Waals surface area contributed by atoms with Gasteiger partial charge in [0.1, 0.15) is 0 Å². The Hall–Kier alpha value is -1.52. The van der Waals surface area contributed by atoms with E-state index in [2.05, 4.69) is 11.9 Å². The van der Waals surface area contributed by atoms with Crippen LogP contribution < -0.4 is 4.74 Å². The number of aromatic nitrogens is 1. The second-order valence-electron chi connectivity index (χ2n) is 8.75. The van der Waals surface area contributed by atoms with E-state index in [4.69, 9.17) is 4.74 Å². The van der Waals surface area contributed by atoms with Crippen LogP contribution in [0.15, 0.2) is 12.3 Å². The van der Waals surface area contributed by atoms with Crippen molar-refractivity contribution in [1.29, 1.82) is 0 Å². The van der Waals surface area contributed by atoms with Gasteiger partial charge in [-0.25, -0.2) is 9.37 Å². The fraction of sp³-hybridized carbons (Fsp3) is 0.739. The molecular weight excluding hydrogens is 360 g/mol. The van der Waals surface area contributed by atoms with Gasteiger partial charge >= 0.3 is 5.97 Å². The third-order valence-corrected chi connectivity index (χ3v) is 6.87. The van der Waals surface area contributed by atoms with Crippen LogP contribution in [0.3, 0.4) is 0 Å². The summed E-state index contributed by atoms with van der Waals surface area (Å²) >= 11 is 0. The average Bonchev–Trinajstić information content (AvgIpc) is 2.72. The van der Waals surface area contributed by atoms with Crippen LogP contribution in [-0.2, 0) is 4.79 Å². The molecule has 0 spiro atoms. The Bertz CT molecular complexity index is 635. The van der Waals surface area contributed by atoms with Gasteiger partial charge in [0.25, 0.3) is 0 Å². The maximum Gasteiger partial charge on any atom is 0.314 e. The first-order valence-electron chi connectivity index (χ1n) is 11.1. The lowest BCUT2D eigenvalue weighted by Crippen LogP contribution is -2.30. The van der Waals surface area contributed by atoms with Crippen molar-refractivity contribution in [2.75, 3.05) is 0 Å². The zero-order chi connectivity index (χ0) is 19.9. The second-order valence-corrected chi connectivity index (χ2v) is 8.75. The van der Waals surface area contributed by atoms with Crippen molar-refractivity contribution in [2.45, 2.75) is 84.0 Å². The molecule has 0 atom stereocenters. The molecule has 0 N–H and O–H groups in total. The van der Waals surface area contributed by atoms with Crippen LogP contribution >= 0.6 is 0 Å². The highest BCUT2D eigenvalue weighted by atomic mass is 19.2. The minimum absolute atomic E-state index is 0.0209. The van der Waals surface area contributed by atoms with Gasteiger partial charge in [-0.1, -0.05) is 45.4 Å². The average molecular weight is 394 g/mol. The molecular formula is C23H33F2NO2. The summed E-state index contributed by atoms with van der Waals surface area (Å²) in [5.41, 5.74) is 0. The fourth-order valence-corrected chi connectivity index (χ4v) is 5.12. The number of hydrogen-bond donors (Lipinski definition) is 0. The summed E-state index contributed by atoms with van der Waals surface area (Å²) in [7, 11) is 0. The van der Waals surface area contributed by atoms with E-state index >= 15 is 0 Å². The quantitative estimate of drug-likeness (QED) is 0.303. The molecule has 3 rings (SSSR count). The maximum absolute atomic E-state index is 13.2. The molecule has 2 fully saturated rings. The van der Waals surface area contributed by atoms with Gasteiger partial charge in [-0.15, -0.1) is 0 Å². The molecule has 5 heteroatoms.